The van der Waals surface area contributed by atoms with Crippen molar-refractivity contribution in [3.63, 3.8) is 0 Å². The van der Waals surface area contributed by atoms with E-state index < -0.39 is 0 Å². The van der Waals surface area contributed by atoms with Crippen molar-refractivity contribution in [3.8, 4) is 0 Å². The van der Waals surface area contributed by atoms with E-state index in [0.717, 1.165) is 25.7 Å². The molecule has 0 unspecified atom stereocenters. The fraction of sp³-hybridized carbons (Fsp3) is 1.00. The molecule has 0 aliphatic carbocycles. The van der Waals surface area contributed by atoms with Crippen LogP contribution in [-0.4, -0.2) is 20.0 Å². The average Bonchev–Trinajstić information content (AvgIpc) is 2.09. The van der Waals surface area contributed by atoms with Gasteiger partial charge in [-0.25, -0.2) is 0 Å². The molecule has 80 valence electrons. The Morgan fingerprint density at radius 3 is 1.15 bits per heavy atom. The van der Waals surface area contributed by atoms with Gasteiger partial charge in [0.1, 0.15) is 0 Å². The lowest BCUT2D eigenvalue weighted by Gasteiger charge is -1.94. The van der Waals surface area contributed by atoms with Gasteiger partial charge < -0.3 is 10.2 Å². The molecular formula is C8H18Br2O2Si. The van der Waals surface area contributed by atoms with Crippen LogP contribution in [0.3, 0.4) is 0 Å². The van der Waals surface area contributed by atoms with Gasteiger partial charge >= 0.3 is 37.3 Å². The first kappa shape index (κ1) is 19.6. The number of hydrogen-bond donors (Lipinski definition) is 0. The van der Waals surface area contributed by atoms with Crippen LogP contribution < -0.4 is 10.2 Å². The summed E-state index contributed by atoms with van der Waals surface area (Å²) in [5.74, 6) is 0. The third kappa shape index (κ3) is 62.1. The molecule has 0 saturated heterocycles. The number of rotatable bonds is 4. The highest BCUT2D eigenvalue weighted by atomic mass is 79.9. The summed E-state index contributed by atoms with van der Waals surface area (Å²) in [4.78, 5) is 0. The predicted octanol–water partition coefficient (Wildman–Crippen LogP) is 1.60. The van der Waals surface area contributed by atoms with Crippen LogP contribution >= 0.6 is 30.6 Å². The van der Waals surface area contributed by atoms with E-state index in [-0.39, 0.29) is 13.2 Å². The summed E-state index contributed by atoms with van der Waals surface area (Å²) in [6.07, 6.45) is 3.73. The van der Waals surface area contributed by atoms with E-state index >= 15 is 0 Å². The molecule has 0 amide bonds. The van der Waals surface area contributed by atoms with Gasteiger partial charge in [-0.3, -0.25) is 0 Å². The van der Waals surface area contributed by atoms with Crippen LogP contribution in [0.15, 0.2) is 0 Å². The first-order chi connectivity index (χ1) is 6.24. The summed E-state index contributed by atoms with van der Waals surface area (Å²) < 4.78 is 0. The van der Waals surface area contributed by atoms with Gasteiger partial charge in [0, 0.05) is 0 Å². The standard InChI is InChI=1S/2C4H9O.Br2Si/c2*1-2-3-4-5;1-3-2/h2*2-4H2,1H3;/q2*-1;+2. The summed E-state index contributed by atoms with van der Waals surface area (Å²) in [6.45, 7) is 4.92. The van der Waals surface area contributed by atoms with Gasteiger partial charge in [-0.05, 0) is 0 Å². The molecule has 0 atom stereocenters. The first-order valence-electron chi connectivity index (χ1n) is 4.37. The van der Waals surface area contributed by atoms with Crippen LogP contribution in [0.4, 0.5) is 0 Å². The van der Waals surface area contributed by atoms with Gasteiger partial charge in [0.25, 0.3) is 0 Å². The summed E-state index contributed by atoms with van der Waals surface area (Å²) in [5.41, 5.74) is 0. The largest absolute Gasteiger partial charge is 1.11 e. The molecule has 0 aliphatic rings. The molecule has 5 heteroatoms. The molecule has 0 spiro atoms. The third-order valence-corrected chi connectivity index (χ3v) is 0.996. The molecule has 0 bridgehead atoms. The van der Waals surface area contributed by atoms with Crippen molar-refractivity contribution >= 4 is 37.3 Å². The molecule has 0 heterocycles. The predicted molar refractivity (Wildman–Crippen MR) is 63.2 cm³/mol. The maximum Gasteiger partial charge on any atom is 1.11 e. The van der Waals surface area contributed by atoms with Crippen molar-refractivity contribution < 1.29 is 10.2 Å². The van der Waals surface area contributed by atoms with Crippen molar-refractivity contribution in [3.05, 3.63) is 0 Å². The van der Waals surface area contributed by atoms with Gasteiger partial charge in [-0.15, -0.1) is 13.2 Å². The molecule has 0 rings (SSSR count). The number of halogens is 2. The monoisotopic (exact) mass is 332 g/mol. The second-order valence-electron chi connectivity index (χ2n) is 2.19. The van der Waals surface area contributed by atoms with Gasteiger partial charge in [0.15, 0.2) is 0 Å². The van der Waals surface area contributed by atoms with Crippen molar-refractivity contribution in [2.75, 3.05) is 13.2 Å². The van der Waals surface area contributed by atoms with Crippen LogP contribution in [0.25, 0.3) is 0 Å². The zero-order valence-corrected chi connectivity index (χ0v) is 12.5. The van der Waals surface area contributed by atoms with Crippen LogP contribution in [-0.2, 0) is 0 Å². The highest BCUT2D eigenvalue weighted by molar-refractivity contribution is 9.47. The Morgan fingerprint density at radius 1 is 0.923 bits per heavy atom. The Morgan fingerprint density at radius 2 is 1.15 bits per heavy atom. The van der Waals surface area contributed by atoms with Crippen molar-refractivity contribution in [2.45, 2.75) is 39.5 Å². The topological polar surface area (TPSA) is 46.1 Å². The van der Waals surface area contributed by atoms with Crippen molar-refractivity contribution in [1.29, 1.82) is 0 Å². The third-order valence-electron chi connectivity index (χ3n) is 0.996. The quantitative estimate of drug-likeness (QED) is 0.579. The average molecular weight is 334 g/mol. The molecule has 0 aromatic heterocycles. The minimum absolute atomic E-state index is 0.0938. The lowest BCUT2D eigenvalue weighted by atomic mass is 10.4. The second kappa shape index (κ2) is 29.2. The smallest absolute Gasteiger partial charge is 0.854 e. The Kier molecular flexibility index (Phi) is 44.2. The molecule has 0 aromatic rings. The van der Waals surface area contributed by atoms with E-state index in [1.807, 2.05) is 13.8 Å². The van der Waals surface area contributed by atoms with Gasteiger partial charge in [0.2, 0.25) is 0 Å². The van der Waals surface area contributed by atoms with E-state index in [4.69, 9.17) is 0 Å². The minimum Gasteiger partial charge on any atom is -0.854 e. The molecule has 0 fully saturated rings. The fourth-order valence-electron chi connectivity index (χ4n) is 0.289. The van der Waals surface area contributed by atoms with Crippen LogP contribution in [0.5, 0.6) is 0 Å². The molecule has 2 nitrogen and oxygen atoms in total. The molecule has 0 aromatic carbocycles. The molecule has 0 saturated carbocycles. The summed E-state index contributed by atoms with van der Waals surface area (Å²) in [6, 6.07) is 0. The van der Waals surface area contributed by atoms with Crippen LogP contribution in [0, 0.1) is 0 Å². The molecule has 13 heavy (non-hydrogen) atoms. The highest BCUT2D eigenvalue weighted by Crippen LogP contribution is 1.78. The maximum absolute atomic E-state index is 9.53. The van der Waals surface area contributed by atoms with E-state index in [9.17, 15) is 10.2 Å². The summed E-state index contributed by atoms with van der Waals surface area (Å²) in [7, 11) is 0. The number of unbranched alkanes of at least 4 members (excludes halogenated alkanes) is 2. The normalized spacial score (nSPS) is 7.23. The van der Waals surface area contributed by atoms with E-state index in [0.29, 0.717) is 6.76 Å². The van der Waals surface area contributed by atoms with Crippen LogP contribution in [0.1, 0.15) is 39.5 Å². The van der Waals surface area contributed by atoms with Crippen molar-refractivity contribution in [2.24, 2.45) is 0 Å². The van der Waals surface area contributed by atoms with E-state index in [1.54, 1.807) is 0 Å². The van der Waals surface area contributed by atoms with E-state index in [1.165, 1.54) is 0 Å². The zero-order valence-electron chi connectivity index (χ0n) is 8.32. The molecular weight excluding hydrogens is 316 g/mol. The Hall–Kier alpha value is 1.10. The maximum atomic E-state index is 9.53. The van der Waals surface area contributed by atoms with Gasteiger partial charge in [-0.2, -0.15) is 0 Å². The SMILES string of the molecule is Br[Si+2]Br.CCCC[O-].CCCC[O-]. The molecule has 0 radical (unpaired) electrons. The van der Waals surface area contributed by atoms with Gasteiger partial charge in [0.05, 0.1) is 0 Å². The lowest BCUT2D eigenvalue weighted by molar-refractivity contribution is -0.368. The Balaban J connectivity index is -0.000000120. The van der Waals surface area contributed by atoms with Crippen LogP contribution in [0.2, 0.25) is 0 Å². The van der Waals surface area contributed by atoms with E-state index in [2.05, 4.69) is 30.6 Å². The molecule has 0 aliphatic heterocycles. The Bertz CT molecular complexity index is 49.4. The number of hydrogen-bond acceptors (Lipinski definition) is 2. The Labute approximate surface area is 100 Å². The first-order valence-corrected chi connectivity index (χ1v) is 9.88. The van der Waals surface area contributed by atoms with Crippen molar-refractivity contribution in [1.82, 2.24) is 0 Å². The molecule has 0 N–H and O–H groups in total. The fourth-order valence-corrected chi connectivity index (χ4v) is 0.289. The second-order valence-corrected chi connectivity index (χ2v) is 7.90. The minimum atomic E-state index is 0.0938. The van der Waals surface area contributed by atoms with Gasteiger partial charge in [-0.1, -0.05) is 39.5 Å². The lowest BCUT2D eigenvalue weighted by Crippen LogP contribution is -2.03. The highest BCUT2D eigenvalue weighted by Gasteiger charge is 2.23. The summed E-state index contributed by atoms with van der Waals surface area (Å²) >= 11 is 6.18. The zero-order chi connectivity index (χ0) is 10.9. The summed E-state index contributed by atoms with van der Waals surface area (Å²) in [5, 5.41) is 19.1.